The summed E-state index contributed by atoms with van der Waals surface area (Å²) >= 11 is 12.1. The van der Waals surface area contributed by atoms with Crippen LogP contribution >= 0.6 is 23.2 Å². The predicted molar refractivity (Wildman–Crippen MR) is 121 cm³/mol. The fraction of sp³-hybridized carbons (Fsp3) is 0.391. The Morgan fingerprint density at radius 3 is 2.27 bits per heavy atom. The molecule has 0 radical (unpaired) electrons. The Balaban J connectivity index is 2.18. The van der Waals surface area contributed by atoms with Gasteiger partial charge in [0.25, 0.3) is 5.91 Å². The van der Waals surface area contributed by atoms with Crippen LogP contribution in [0.1, 0.15) is 44.2 Å². The minimum absolute atomic E-state index is 0.171. The van der Waals surface area contributed by atoms with Crippen molar-refractivity contribution in [1.29, 1.82) is 0 Å². The van der Waals surface area contributed by atoms with Gasteiger partial charge in [-0.2, -0.15) is 0 Å². The summed E-state index contributed by atoms with van der Waals surface area (Å²) in [5.74, 6) is 0.507. The molecule has 30 heavy (non-hydrogen) atoms. The second-order valence-corrected chi connectivity index (χ2v) is 8.14. The molecule has 0 heterocycles. The third-order valence-electron chi connectivity index (χ3n) is 4.88. The summed E-state index contributed by atoms with van der Waals surface area (Å²) in [5.41, 5.74) is 1.97. The lowest BCUT2D eigenvalue weighted by Gasteiger charge is -2.30. The van der Waals surface area contributed by atoms with Crippen LogP contribution in [0.5, 0.6) is 5.75 Å². The molecular weight excluding hydrogens is 423 g/mol. The molecule has 2 amide bonds. The maximum atomic E-state index is 13.0. The second-order valence-electron chi connectivity index (χ2n) is 7.32. The molecule has 0 aliphatic rings. The van der Waals surface area contributed by atoms with Crippen molar-refractivity contribution in [3.8, 4) is 5.75 Å². The minimum atomic E-state index is -0.621. The number of halogens is 2. The van der Waals surface area contributed by atoms with Gasteiger partial charge in [-0.1, -0.05) is 62.2 Å². The van der Waals surface area contributed by atoms with Crippen LogP contribution in [-0.2, 0) is 16.1 Å². The summed E-state index contributed by atoms with van der Waals surface area (Å²) in [6, 6.07) is 12.2. The van der Waals surface area contributed by atoms with Crippen molar-refractivity contribution in [2.45, 2.75) is 45.7 Å². The number of hydrogen-bond acceptors (Lipinski definition) is 3. The Labute approximate surface area is 188 Å². The maximum absolute atomic E-state index is 13.0. The van der Waals surface area contributed by atoms with E-state index >= 15 is 0 Å². The van der Waals surface area contributed by atoms with Gasteiger partial charge in [0.2, 0.25) is 5.91 Å². The molecular formula is C23H28Cl2N2O3. The van der Waals surface area contributed by atoms with Crippen LogP contribution in [0, 0.1) is 0 Å². The molecule has 2 aromatic rings. The van der Waals surface area contributed by atoms with Crippen molar-refractivity contribution in [1.82, 2.24) is 10.2 Å². The molecule has 2 rings (SSSR count). The lowest BCUT2D eigenvalue weighted by molar-refractivity contribution is -0.142. The number of rotatable bonds is 9. The molecule has 162 valence electrons. The van der Waals surface area contributed by atoms with E-state index in [1.165, 1.54) is 10.5 Å². The number of amides is 2. The van der Waals surface area contributed by atoms with Crippen molar-refractivity contribution < 1.29 is 14.3 Å². The highest BCUT2D eigenvalue weighted by molar-refractivity contribution is 6.42. The molecule has 0 aliphatic carbocycles. The Morgan fingerprint density at radius 1 is 1.07 bits per heavy atom. The van der Waals surface area contributed by atoms with Crippen LogP contribution in [0.4, 0.5) is 0 Å². The molecule has 0 saturated carbocycles. The van der Waals surface area contributed by atoms with E-state index < -0.39 is 6.04 Å². The minimum Gasteiger partial charge on any atom is -0.484 e. The highest BCUT2D eigenvalue weighted by atomic mass is 35.5. The van der Waals surface area contributed by atoms with Gasteiger partial charge in [0.15, 0.2) is 6.61 Å². The number of nitrogens with one attached hydrogen (secondary N) is 1. The zero-order chi connectivity index (χ0) is 22.3. The summed E-state index contributed by atoms with van der Waals surface area (Å²) in [5, 5.41) is 3.46. The van der Waals surface area contributed by atoms with E-state index in [9.17, 15) is 9.59 Å². The fourth-order valence-corrected chi connectivity index (χ4v) is 3.42. The first kappa shape index (κ1) is 24.0. The Bertz CT molecular complexity index is 869. The average molecular weight is 451 g/mol. The van der Waals surface area contributed by atoms with Crippen LogP contribution in [0.2, 0.25) is 10.0 Å². The first-order valence-electron chi connectivity index (χ1n) is 9.94. The molecule has 7 heteroatoms. The van der Waals surface area contributed by atoms with Gasteiger partial charge in [-0.15, -0.1) is 0 Å². The number of hydrogen-bond donors (Lipinski definition) is 1. The zero-order valence-electron chi connectivity index (χ0n) is 17.7. The zero-order valence-corrected chi connectivity index (χ0v) is 19.3. The molecule has 2 aromatic carbocycles. The molecule has 0 saturated heterocycles. The normalized spacial score (nSPS) is 11.8. The number of ether oxygens (including phenoxy) is 1. The van der Waals surface area contributed by atoms with E-state index in [1.807, 2.05) is 31.2 Å². The van der Waals surface area contributed by atoms with Gasteiger partial charge >= 0.3 is 0 Å². The maximum Gasteiger partial charge on any atom is 0.261 e. The molecule has 0 spiro atoms. The summed E-state index contributed by atoms with van der Waals surface area (Å²) in [6.07, 6.45) is 0.468. The highest BCUT2D eigenvalue weighted by Gasteiger charge is 2.28. The van der Waals surface area contributed by atoms with E-state index in [1.54, 1.807) is 25.2 Å². The molecule has 0 unspecified atom stereocenters. The van der Waals surface area contributed by atoms with Crippen LogP contribution in [-0.4, -0.2) is 36.4 Å². The van der Waals surface area contributed by atoms with Crippen molar-refractivity contribution in [2.75, 3.05) is 13.7 Å². The number of carbonyl (C=O) groups is 2. The van der Waals surface area contributed by atoms with Crippen molar-refractivity contribution in [2.24, 2.45) is 0 Å². The molecule has 5 nitrogen and oxygen atoms in total. The van der Waals surface area contributed by atoms with Gasteiger partial charge < -0.3 is 15.0 Å². The quantitative estimate of drug-likeness (QED) is 0.581. The number of likely N-dealkylation sites (N-methyl/N-ethyl adjacent to an activating group) is 1. The van der Waals surface area contributed by atoms with Crippen molar-refractivity contribution in [3.63, 3.8) is 0 Å². The van der Waals surface area contributed by atoms with Crippen molar-refractivity contribution in [3.05, 3.63) is 63.6 Å². The van der Waals surface area contributed by atoms with Gasteiger partial charge in [-0.05, 0) is 47.7 Å². The number of benzene rings is 2. The summed E-state index contributed by atoms with van der Waals surface area (Å²) in [6.45, 7) is 6.14. The second kappa shape index (κ2) is 11.2. The van der Waals surface area contributed by atoms with E-state index in [-0.39, 0.29) is 25.0 Å². The lowest BCUT2D eigenvalue weighted by atomic mass is 10.0. The highest BCUT2D eigenvalue weighted by Crippen LogP contribution is 2.24. The topological polar surface area (TPSA) is 58.6 Å². The smallest absolute Gasteiger partial charge is 0.261 e. The van der Waals surface area contributed by atoms with Gasteiger partial charge in [-0.3, -0.25) is 9.59 Å². The van der Waals surface area contributed by atoms with Gasteiger partial charge in [0.1, 0.15) is 11.8 Å². The van der Waals surface area contributed by atoms with E-state index in [4.69, 9.17) is 27.9 Å². The van der Waals surface area contributed by atoms with Gasteiger partial charge in [0, 0.05) is 13.6 Å². The summed E-state index contributed by atoms with van der Waals surface area (Å²) in [7, 11) is 1.56. The fourth-order valence-electron chi connectivity index (χ4n) is 3.10. The van der Waals surface area contributed by atoms with E-state index in [2.05, 4.69) is 19.2 Å². The predicted octanol–water partition coefficient (Wildman–Crippen LogP) is 5.05. The summed E-state index contributed by atoms with van der Waals surface area (Å²) < 4.78 is 5.70. The number of carbonyl (C=O) groups excluding carboxylic acids is 2. The van der Waals surface area contributed by atoms with Crippen LogP contribution in [0.3, 0.4) is 0 Å². The van der Waals surface area contributed by atoms with Crippen LogP contribution in [0.15, 0.2) is 42.5 Å². The third-order valence-corrected chi connectivity index (χ3v) is 5.62. The largest absolute Gasteiger partial charge is 0.484 e. The SMILES string of the molecule is CC[C@H](C(=O)NC)N(Cc1ccc(Cl)c(Cl)c1)C(=O)COc1ccc(C(C)C)cc1. The lowest BCUT2D eigenvalue weighted by Crippen LogP contribution is -2.49. The average Bonchev–Trinajstić information content (AvgIpc) is 2.74. The Kier molecular flexibility index (Phi) is 9.00. The van der Waals surface area contributed by atoms with Crippen LogP contribution < -0.4 is 10.1 Å². The molecule has 0 aliphatic heterocycles. The van der Waals surface area contributed by atoms with Crippen molar-refractivity contribution >= 4 is 35.0 Å². The summed E-state index contributed by atoms with van der Waals surface area (Å²) in [4.78, 5) is 26.9. The first-order valence-corrected chi connectivity index (χ1v) is 10.7. The molecule has 0 bridgehead atoms. The van der Waals surface area contributed by atoms with E-state index in [0.717, 1.165) is 5.56 Å². The molecule has 0 fully saturated rings. The molecule has 1 N–H and O–H groups in total. The Morgan fingerprint density at radius 2 is 1.73 bits per heavy atom. The first-order chi connectivity index (χ1) is 14.3. The van der Waals surface area contributed by atoms with E-state index in [0.29, 0.717) is 28.1 Å². The monoisotopic (exact) mass is 450 g/mol. The van der Waals surface area contributed by atoms with Crippen LogP contribution in [0.25, 0.3) is 0 Å². The van der Waals surface area contributed by atoms with Gasteiger partial charge in [-0.25, -0.2) is 0 Å². The van der Waals surface area contributed by atoms with Gasteiger partial charge in [0.05, 0.1) is 10.0 Å². The Hall–Kier alpha value is -2.24. The standard InChI is InChI=1S/C23H28Cl2N2O3/c1-5-21(23(29)26-4)27(13-16-6-11-19(24)20(25)12-16)22(28)14-30-18-9-7-17(8-10-18)15(2)3/h6-12,15,21H,5,13-14H2,1-4H3,(H,26,29)/t21-/m1/s1. The number of nitrogens with zero attached hydrogens (tertiary/aromatic N) is 1. The third kappa shape index (κ3) is 6.38. The molecule has 1 atom stereocenters. The molecule has 0 aromatic heterocycles.